The number of hydrogen-bond donors (Lipinski definition) is 1. The molecule has 0 unspecified atom stereocenters. The number of alkyl halides is 3. The van der Waals surface area contributed by atoms with Crippen molar-refractivity contribution in [2.45, 2.75) is 12.6 Å². The zero-order valence-electron chi connectivity index (χ0n) is 9.50. The van der Waals surface area contributed by atoms with Crippen molar-refractivity contribution in [2.24, 2.45) is 5.73 Å². The Kier molecular flexibility index (Phi) is 3.73. The molecule has 0 aliphatic heterocycles. The molecular weight excluding hydrogens is 259 g/mol. The van der Waals surface area contributed by atoms with Crippen LogP contribution in [0.4, 0.5) is 13.2 Å². The molecule has 0 fully saturated rings. The van der Waals surface area contributed by atoms with Gasteiger partial charge in [0.15, 0.2) is 0 Å². The molecule has 1 heterocycles. The van der Waals surface area contributed by atoms with E-state index in [4.69, 9.17) is 5.73 Å². The summed E-state index contributed by atoms with van der Waals surface area (Å²) in [7, 11) is 0. The predicted octanol–water partition coefficient (Wildman–Crippen LogP) is 3.94. The molecule has 1 aromatic heterocycles. The summed E-state index contributed by atoms with van der Waals surface area (Å²) in [6, 6.07) is 9.19. The first kappa shape index (κ1) is 13.1. The highest BCUT2D eigenvalue weighted by Gasteiger charge is 2.33. The first-order valence-electron chi connectivity index (χ1n) is 5.48. The van der Waals surface area contributed by atoms with Gasteiger partial charge in [-0.3, -0.25) is 0 Å². The van der Waals surface area contributed by atoms with Gasteiger partial charge in [-0.25, -0.2) is 0 Å². The fraction of sp³-hybridized carbons (Fsp3) is 0.231. The van der Waals surface area contributed by atoms with Gasteiger partial charge >= 0.3 is 6.18 Å². The Morgan fingerprint density at radius 3 is 2.44 bits per heavy atom. The Bertz CT molecular complexity index is 531. The molecule has 2 N–H and O–H groups in total. The zero-order chi connectivity index (χ0) is 13.2. The molecule has 5 heteroatoms. The minimum absolute atomic E-state index is 0.235. The summed E-state index contributed by atoms with van der Waals surface area (Å²) in [4.78, 5) is 1.64. The minimum Gasteiger partial charge on any atom is -0.330 e. The number of halogens is 3. The lowest BCUT2D eigenvalue weighted by Gasteiger charge is -2.11. The summed E-state index contributed by atoms with van der Waals surface area (Å²) in [5, 5.41) is 0. The molecule has 18 heavy (non-hydrogen) atoms. The third-order valence-electron chi connectivity index (χ3n) is 2.55. The standard InChI is InChI=1S/C13H12F3NS/c14-13(15,16)11-4-2-1-3-10(11)12-6-5-9(18-12)7-8-17/h1-6H,7-8,17H2. The topological polar surface area (TPSA) is 26.0 Å². The summed E-state index contributed by atoms with van der Waals surface area (Å²) in [6.45, 7) is 0.501. The molecule has 0 saturated carbocycles. The second-order valence-corrected chi connectivity index (χ2v) is 5.02. The van der Waals surface area contributed by atoms with E-state index in [2.05, 4.69) is 0 Å². The maximum absolute atomic E-state index is 12.9. The highest BCUT2D eigenvalue weighted by Crippen LogP contribution is 2.39. The van der Waals surface area contributed by atoms with Crippen LogP contribution >= 0.6 is 11.3 Å². The first-order valence-corrected chi connectivity index (χ1v) is 6.29. The second kappa shape index (κ2) is 5.12. The molecule has 0 spiro atoms. The maximum Gasteiger partial charge on any atom is 0.417 e. The molecule has 2 aromatic rings. The molecule has 0 aliphatic rings. The summed E-state index contributed by atoms with van der Waals surface area (Å²) in [5.74, 6) is 0. The number of nitrogens with two attached hydrogens (primary N) is 1. The number of hydrogen-bond acceptors (Lipinski definition) is 2. The number of rotatable bonds is 3. The highest BCUT2D eigenvalue weighted by molar-refractivity contribution is 7.15. The average Bonchev–Trinajstić information content (AvgIpc) is 2.77. The molecule has 0 aliphatic carbocycles. The van der Waals surface area contributed by atoms with Crippen molar-refractivity contribution >= 4 is 11.3 Å². The monoisotopic (exact) mass is 271 g/mol. The molecule has 0 amide bonds. The Morgan fingerprint density at radius 1 is 1.06 bits per heavy atom. The van der Waals surface area contributed by atoms with Crippen LogP contribution in [0.15, 0.2) is 36.4 Å². The van der Waals surface area contributed by atoms with Crippen LogP contribution in [0, 0.1) is 0 Å². The van der Waals surface area contributed by atoms with Crippen molar-refractivity contribution in [3.8, 4) is 10.4 Å². The van der Waals surface area contributed by atoms with E-state index in [9.17, 15) is 13.2 Å². The first-order chi connectivity index (χ1) is 8.52. The third-order valence-corrected chi connectivity index (χ3v) is 3.73. The number of thiophene rings is 1. The summed E-state index contributed by atoms with van der Waals surface area (Å²) in [6.07, 6.45) is -3.63. The maximum atomic E-state index is 12.9. The Balaban J connectivity index is 2.43. The van der Waals surface area contributed by atoms with Crippen LogP contribution < -0.4 is 5.73 Å². The van der Waals surface area contributed by atoms with Crippen LogP contribution in [0.1, 0.15) is 10.4 Å². The van der Waals surface area contributed by atoms with Crippen LogP contribution in [0.25, 0.3) is 10.4 Å². The van der Waals surface area contributed by atoms with Crippen molar-refractivity contribution in [3.63, 3.8) is 0 Å². The lowest BCUT2D eigenvalue weighted by atomic mass is 10.1. The molecule has 96 valence electrons. The number of benzene rings is 1. The van der Waals surface area contributed by atoms with Gasteiger partial charge in [-0.05, 0) is 31.2 Å². The molecule has 1 aromatic carbocycles. The van der Waals surface area contributed by atoms with Gasteiger partial charge in [-0.15, -0.1) is 11.3 Å². The van der Waals surface area contributed by atoms with Crippen LogP contribution in [-0.2, 0) is 12.6 Å². The zero-order valence-corrected chi connectivity index (χ0v) is 10.3. The van der Waals surface area contributed by atoms with Crippen molar-refractivity contribution in [1.82, 2.24) is 0 Å². The van der Waals surface area contributed by atoms with Gasteiger partial charge in [-0.2, -0.15) is 13.2 Å². The lowest BCUT2D eigenvalue weighted by Crippen LogP contribution is -2.06. The van der Waals surface area contributed by atoms with Crippen LogP contribution in [0.2, 0.25) is 0 Å². The lowest BCUT2D eigenvalue weighted by molar-refractivity contribution is -0.137. The Morgan fingerprint density at radius 2 is 1.78 bits per heavy atom. The van der Waals surface area contributed by atoms with Gasteiger partial charge in [0.1, 0.15) is 0 Å². The second-order valence-electron chi connectivity index (χ2n) is 3.85. The quantitative estimate of drug-likeness (QED) is 0.899. The summed E-state index contributed by atoms with van der Waals surface area (Å²) >= 11 is 1.36. The van der Waals surface area contributed by atoms with Crippen molar-refractivity contribution < 1.29 is 13.2 Å². The predicted molar refractivity (Wildman–Crippen MR) is 67.5 cm³/mol. The van der Waals surface area contributed by atoms with Crippen molar-refractivity contribution in [1.29, 1.82) is 0 Å². The van der Waals surface area contributed by atoms with Crippen LogP contribution in [-0.4, -0.2) is 6.54 Å². The van der Waals surface area contributed by atoms with Crippen molar-refractivity contribution in [2.75, 3.05) is 6.54 Å². The van der Waals surface area contributed by atoms with E-state index in [0.717, 1.165) is 10.9 Å². The fourth-order valence-electron chi connectivity index (χ4n) is 1.74. The average molecular weight is 271 g/mol. The van der Waals surface area contributed by atoms with Gasteiger partial charge < -0.3 is 5.73 Å². The van der Waals surface area contributed by atoms with E-state index in [-0.39, 0.29) is 5.56 Å². The molecular formula is C13H12F3NS. The van der Waals surface area contributed by atoms with E-state index in [1.807, 2.05) is 6.07 Å². The van der Waals surface area contributed by atoms with Crippen LogP contribution in [0.5, 0.6) is 0 Å². The molecule has 0 bridgehead atoms. The molecule has 0 radical (unpaired) electrons. The third kappa shape index (κ3) is 2.73. The smallest absolute Gasteiger partial charge is 0.330 e. The van der Waals surface area contributed by atoms with Crippen LogP contribution in [0.3, 0.4) is 0 Å². The highest BCUT2D eigenvalue weighted by atomic mass is 32.1. The van der Waals surface area contributed by atoms with E-state index < -0.39 is 11.7 Å². The van der Waals surface area contributed by atoms with Crippen molar-refractivity contribution in [3.05, 3.63) is 46.8 Å². The largest absolute Gasteiger partial charge is 0.417 e. The Labute approximate surface area is 107 Å². The molecule has 1 nitrogen and oxygen atoms in total. The van der Waals surface area contributed by atoms with Gasteiger partial charge in [-0.1, -0.05) is 18.2 Å². The van der Waals surface area contributed by atoms with Gasteiger partial charge in [0, 0.05) is 15.3 Å². The minimum atomic E-state index is -4.32. The molecule has 0 atom stereocenters. The van der Waals surface area contributed by atoms with E-state index in [0.29, 0.717) is 17.8 Å². The van der Waals surface area contributed by atoms with Gasteiger partial charge in [0.05, 0.1) is 5.56 Å². The SMILES string of the molecule is NCCc1ccc(-c2ccccc2C(F)(F)F)s1. The molecule has 0 saturated heterocycles. The van der Waals surface area contributed by atoms with E-state index in [1.54, 1.807) is 12.1 Å². The van der Waals surface area contributed by atoms with E-state index >= 15 is 0 Å². The summed E-state index contributed by atoms with van der Waals surface area (Å²) in [5.41, 5.74) is 5.08. The normalized spacial score (nSPS) is 11.8. The van der Waals surface area contributed by atoms with Gasteiger partial charge in [0.2, 0.25) is 0 Å². The Hall–Kier alpha value is -1.33. The van der Waals surface area contributed by atoms with Gasteiger partial charge in [0.25, 0.3) is 0 Å². The van der Waals surface area contributed by atoms with E-state index in [1.165, 1.54) is 23.5 Å². The fourth-order valence-corrected chi connectivity index (χ4v) is 2.81. The molecule has 2 rings (SSSR count). The summed E-state index contributed by atoms with van der Waals surface area (Å²) < 4.78 is 38.6.